The lowest BCUT2D eigenvalue weighted by Gasteiger charge is -2.05. The van der Waals surface area contributed by atoms with Crippen molar-refractivity contribution in [1.82, 2.24) is 9.78 Å². The van der Waals surface area contributed by atoms with Crippen LogP contribution in [0.1, 0.15) is 11.1 Å². The normalized spacial score (nSPS) is 10.9. The van der Waals surface area contributed by atoms with Crippen molar-refractivity contribution in [3.63, 3.8) is 0 Å². The summed E-state index contributed by atoms with van der Waals surface area (Å²) in [5, 5.41) is 6.65. The fourth-order valence-corrected chi connectivity index (χ4v) is 3.54. The first-order chi connectivity index (χ1) is 9.63. The molecule has 2 heterocycles. The van der Waals surface area contributed by atoms with Gasteiger partial charge in [-0.3, -0.25) is 4.68 Å². The number of aryl methyl sites for hydroxylation is 1. The number of nitrogens with zero attached hydrogens (tertiary/aromatic N) is 2. The van der Waals surface area contributed by atoms with Crippen molar-refractivity contribution >= 4 is 33.0 Å². The molecule has 2 aromatic heterocycles. The summed E-state index contributed by atoms with van der Waals surface area (Å²) in [6.07, 6.45) is 1.90. The van der Waals surface area contributed by atoms with Crippen molar-refractivity contribution < 1.29 is 0 Å². The summed E-state index contributed by atoms with van der Waals surface area (Å²) >= 11 is 5.10. The molecule has 0 spiro atoms. The molecule has 0 fully saturated rings. The molecular formula is C15H14BrN3S. The van der Waals surface area contributed by atoms with Crippen LogP contribution in [-0.4, -0.2) is 9.78 Å². The van der Waals surface area contributed by atoms with Crippen LogP contribution in [0, 0.1) is 6.92 Å². The number of benzene rings is 1. The Morgan fingerprint density at radius 1 is 1.35 bits per heavy atom. The van der Waals surface area contributed by atoms with Crippen molar-refractivity contribution in [2.75, 3.05) is 5.73 Å². The predicted octanol–water partition coefficient (Wildman–Crippen LogP) is 4.31. The lowest BCUT2D eigenvalue weighted by atomic mass is 10.1. The molecule has 3 rings (SSSR count). The van der Waals surface area contributed by atoms with Gasteiger partial charge in [-0.1, -0.05) is 24.3 Å². The zero-order chi connectivity index (χ0) is 14.1. The van der Waals surface area contributed by atoms with Crippen LogP contribution in [0.3, 0.4) is 0 Å². The third-order valence-corrected chi connectivity index (χ3v) is 4.88. The largest absolute Gasteiger partial charge is 0.396 e. The number of halogens is 1. The minimum Gasteiger partial charge on any atom is -0.396 e. The van der Waals surface area contributed by atoms with E-state index in [0.29, 0.717) is 5.69 Å². The lowest BCUT2D eigenvalue weighted by Crippen LogP contribution is -2.01. The molecule has 1 aromatic carbocycles. The minimum atomic E-state index is 0.716. The molecule has 0 aliphatic carbocycles. The van der Waals surface area contributed by atoms with Crippen LogP contribution in [0.15, 0.2) is 46.4 Å². The molecule has 0 saturated carbocycles. The monoisotopic (exact) mass is 347 g/mol. The van der Waals surface area contributed by atoms with Crippen molar-refractivity contribution in [2.45, 2.75) is 13.5 Å². The molecule has 2 N–H and O–H groups in total. The van der Waals surface area contributed by atoms with Gasteiger partial charge in [0.1, 0.15) is 5.69 Å². The fourth-order valence-electron chi connectivity index (χ4n) is 2.11. The van der Waals surface area contributed by atoms with Crippen molar-refractivity contribution in [2.24, 2.45) is 0 Å². The number of nitrogens with two attached hydrogens (primary N) is 1. The van der Waals surface area contributed by atoms with Crippen LogP contribution >= 0.6 is 27.3 Å². The molecule has 20 heavy (non-hydrogen) atoms. The van der Waals surface area contributed by atoms with Crippen LogP contribution in [0.5, 0.6) is 0 Å². The molecule has 0 aliphatic rings. The van der Waals surface area contributed by atoms with E-state index < -0.39 is 0 Å². The molecular weight excluding hydrogens is 334 g/mol. The standard InChI is InChI=1S/C15H14BrN3S/c1-10-4-2-3-5-11(10)7-19-8-13(17)15(18-19)14-6-12(16)9-20-14/h2-6,8-9H,7,17H2,1H3. The SMILES string of the molecule is Cc1ccccc1Cn1cc(N)c(-c2cc(Br)cs2)n1. The second-order valence-electron chi connectivity index (χ2n) is 4.69. The van der Waals surface area contributed by atoms with Crippen LogP contribution < -0.4 is 5.73 Å². The zero-order valence-corrected chi connectivity index (χ0v) is 13.4. The van der Waals surface area contributed by atoms with Crippen LogP contribution in [0.4, 0.5) is 5.69 Å². The van der Waals surface area contributed by atoms with Gasteiger partial charge in [0.25, 0.3) is 0 Å². The van der Waals surface area contributed by atoms with E-state index in [1.807, 2.05) is 34.5 Å². The van der Waals surface area contributed by atoms with E-state index in [4.69, 9.17) is 5.73 Å². The van der Waals surface area contributed by atoms with Gasteiger partial charge in [0.05, 0.1) is 17.1 Å². The van der Waals surface area contributed by atoms with E-state index in [9.17, 15) is 0 Å². The highest BCUT2D eigenvalue weighted by Gasteiger charge is 2.11. The first-order valence-electron chi connectivity index (χ1n) is 6.25. The Hall–Kier alpha value is -1.59. The lowest BCUT2D eigenvalue weighted by molar-refractivity contribution is 0.687. The Kier molecular flexibility index (Phi) is 3.63. The number of nitrogen functional groups attached to an aromatic ring is 1. The Balaban J connectivity index is 1.91. The fraction of sp³-hybridized carbons (Fsp3) is 0.133. The van der Waals surface area contributed by atoms with Gasteiger partial charge in [-0.05, 0) is 40.0 Å². The number of anilines is 1. The maximum atomic E-state index is 6.08. The Morgan fingerprint density at radius 3 is 2.85 bits per heavy atom. The highest BCUT2D eigenvalue weighted by Crippen LogP contribution is 2.32. The Bertz CT molecular complexity index is 745. The van der Waals surface area contributed by atoms with Crippen molar-refractivity contribution in [1.29, 1.82) is 0 Å². The molecule has 0 amide bonds. The van der Waals surface area contributed by atoms with Crippen molar-refractivity contribution in [3.8, 4) is 10.6 Å². The Labute approximate surface area is 130 Å². The van der Waals surface area contributed by atoms with Gasteiger partial charge in [-0.15, -0.1) is 11.3 Å². The average Bonchev–Trinajstić information content (AvgIpc) is 2.98. The molecule has 0 atom stereocenters. The summed E-state index contributed by atoms with van der Waals surface area (Å²) in [5.41, 5.74) is 10.2. The molecule has 3 aromatic rings. The van der Waals surface area contributed by atoms with Crippen molar-refractivity contribution in [3.05, 3.63) is 57.5 Å². The molecule has 0 bridgehead atoms. The molecule has 102 valence electrons. The van der Waals surface area contributed by atoms with Gasteiger partial charge < -0.3 is 5.73 Å². The van der Waals surface area contributed by atoms with E-state index in [-0.39, 0.29) is 0 Å². The maximum absolute atomic E-state index is 6.08. The van der Waals surface area contributed by atoms with Gasteiger partial charge in [0.2, 0.25) is 0 Å². The summed E-state index contributed by atoms with van der Waals surface area (Å²) < 4.78 is 2.96. The number of aromatic nitrogens is 2. The topological polar surface area (TPSA) is 43.8 Å². The molecule has 0 unspecified atom stereocenters. The summed E-state index contributed by atoms with van der Waals surface area (Å²) in [6, 6.07) is 10.4. The second kappa shape index (κ2) is 5.42. The molecule has 3 nitrogen and oxygen atoms in total. The van der Waals surface area contributed by atoms with E-state index in [0.717, 1.165) is 21.6 Å². The van der Waals surface area contributed by atoms with E-state index in [1.165, 1.54) is 11.1 Å². The van der Waals surface area contributed by atoms with Gasteiger partial charge in [0, 0.05) is 16.0 Å². The quantitative estimate of drug-likeness (QED) is 0.766. The highest BCUT2D eigenvalue weighted by atomic mass is 79.9. The Morgan fingerprint density at radius 2 is 2.15 bits per heavy atom. The smallest absolute Gasteiger partial charge is 0.125 e. The third-order valence-electron chi connectivity index (χ3n) is 3.18. The summed E-state index contributed by atoms with van der Waals surface area (Å²) in [6.45, 7) is 2.85. The van der Waals surface area contributed by atoms with Crippen LogP contribution in [0.25, 0.3) is 10.6 Å². The number of thiophene rings is 1. The van der Waals surface area contributed by atoms with E-state index in [2.05, 4.69) is 40.1 Å². The summed E-state index contributed by atoms with van der Waals surface area (Å²) in [7, 11) is 0. The zero-order valence-electron chi connectivity index (χ0n) is 11.0. The summed E-state index contributed by atoms with van der Waals surface area (Å²) in [5.74, 6) is 0. The number of hydrogen-bond acceptors (Lipinski definition) is 3. The van der Waals surface area contributed by atoms with Crippen LogP contribution in [-0.2, 0) is 6.54 Å². The average molecular weight is 348 g/mol. The van der Waals surface area contributed by atoms with E-state index in [1.54, 1.807) is 11.3 Å². The van der Waals surface area contributed by atoms with Gasteiger partial charge in [-0.2, -0.15) is 5.10 Å². The molecule has 5 heteroatoms. The molecule has 0 saturated heterocycles. The first-order valence-corrected chi connectivity index (χ1v) is 7.92. The van der Waals surface area contributed by atoms with E-state index >= 15 is 0 Å². The minimum absolute atomic E-state index is 0.716. The summed E-state index contributed by atoms with van der Waals surface area (Å²) in [4.78, 5) is 1.08. The highest BCUT2D eigenvalue weighted by molar-refractivity contribution is 9.10. The first kappa shape index (κ1) is 13.4. The number of hydrogen-bond donors (Lipinski definition) is 1. The third kappa shape index (κ3) is 2.64. The predicted molar refractivity (Wildman–Crippen MR) is 87.9 cm³/mol. The van der Waals surface area contributed by atoms with Gasteiger partial charge in [-0.25, -0.2) is 0 Å². The number of rotatable bonds is 3. The second-order valence-corrected chi connectivity index (χ2v) is 6.51. The molecule has 0 radical (unpaired) electrons. The van der Waals surface area contributed by atoms with Gasteiger partial charge >= 0.3 is 0 Å². The maximum Gasteiger partial charge on any atom is 0.125 e. The molecule has 0 aliphatic heterocycles. The van der Waals surface area contributed by atoms with Crippen LogP contribution in [0.2, 0.25) is 0 Å². The van der Waals surface area contributed by atoms with Gasteiger partial charge in [0.15, 0.2) is 0 Å².